The van der Waals surface area contributed by atoms with Crippen molar-refractivity contribution in [3.05, 3.63) is 24.3 Å². The largest absolute Gasteiger partial charge is 0.463 e. The second kappa shape index (κ2) is 5.24. The molecule has 2 amide bonds. The van der Waals surface area contributed by atoms with Crippen LogP contribution in [0.2, 0.25) is 0 Å². The highest BCUT2D eigenvalue weighted by molar-refractivity contribution is 7.20. The van der Waals surface area contributed by atoms with E-state index in [4.69, 9.17) is 4.74 Å². The zero-order valence-electron chi connectivity index (χ0n) is 11.8. The summed E-state index contributed by atoms with van der Waals surface area (Å²) in [6.07, 6.45) is 1.02. The Hall–Kier alpha value is -2.15. The Balaban J connectivity index is 1.33. The molecule has 1 aromatic carbocycles. The lowest BCUT2D eigenvalue weighted by atomic mass is 10.1. The highest BCUT2D eigenvalue weighted by Crippen LogP contribution is 2.29. The van der Waals surface area contributed by atoms with Crippen molar-refractivity contribution in [3.8, 4) is 5.19 Å². The normalized spacial score (nSPS) is 21.7. The molecule has 0 saturated carbocycles. The van der Waals surface area contributed by atoms with Gasteiger partial charge in [-0.2, -0.15) is 0 Å². The Morgan fingerprint density at radius 1 is 1.36 bits per heavy atom. The summed E-state index contributed by atoms with van der Waals surface area (Å²) in [4.78, 5) is 29.5. The standard InChI is InChI=1S/C15H15N3O3S/c19-13-6-5-11(16-13)14(20)18-7-9(8-18)21-15-17-10-3-1-2-4-12(10)22-15/h1-4,9,11H,5-8H2,(H,16,19)/t11-/m0/s1. The van der Waals surface area contributed by atoms with E-state index in [1.807, 2.05) is 24.3 Å². The van der Waals surface area contributed by atoms with Gasteiger partial charge in [-0.05, 0) is 18.6 Å². The molecule has 3 heterocycles. The molecule has 114 valence electrons. The number of nitrogens with one attached hydrogen (secondary N) is 1. The van der Waals surface area contributed by atoms with Gasteiger partial charge in [-0.3, -0.25) is 9.59 Å². The fourth-order valence-electron chi connectivity index (χ4n) is 2.76. The smallest absolute Gasteiger partial charge is 0.274 e. The quantitative estimate of drug-likeness (QED) is 0.922. The zero-order chi connectivity index (χ0) is 15.1. The van der Waals surface area contributed by atoms with Crippen LogP contribution < -0.4 is 10.1 Å². The number of para-hydroxylation sites is 1. The molecule has 2 fully saturated rings. The molecule has 2 aliphatic heterocycles. The van der Waals surface area contributed by atoms with Gasteiger partial charge >= 0.3 is 0 Å². The van der Waals surface area contributed by atoms with Crippen LogP contribution >= 0.6 is 11.3 Å². The van der Waals surface area contributed by atoms with E-state index in [-0.39, 0.29) is 24.0 Å². The minimum atomic E-state index is -0.351. The molecule has 4 rings (SSSR count). The first-order valence-corrected chi connectivity index (χ1v) is 8.11. The number of fused-ring (bicyclic) bond motifs is 1. The monoisotopic (exact) mass is 317 g/mol. The van der Waals surface area contributed by atoms with Gasteiger partial charge in [0.2, 0.25) is 11.8 Å². The van der Waals surface area contributed by atoms with Gasteiger partial charge in [-0.25, -0.2) is 4.98 Å². The topological polar surface area (TPSA) is 71.5 Å². The van der Waals surface area contributed by atoms with Crippen molar-refractivity contribution in [3.63, 3.8) is 0 Å². The van der Waals surface area contributed by atoms with Gasteiger partial charge in [0.05, 0.1) is 23.3 Å². The Bertz CT molecular complexity index is 705. The van der Waals surface area contributed by atoms with Gasteiger partial charge in [0.15, 0.2) is 0 Å². The summed E-state index contributed by atoms with van der Waals surface area (Å²) < 4.78 is 6.92. The van der Waals surface area contributed by atoms with E-state index in [1.54, 1.807) is 4.90 Å². The predicted octanol–water partition coefficient (Wildman–Crippen LogP) is 1.16. The number of benzene rings is 1. The minimum Gasteiger partial charge on any atom is -0.463 e. The highest BCUT2D eigenvalue weighted by Gasteiger charge is 2.38. The molecule has 0 unspecified atom stereocenters. The van der Waals surface area contributed by atoms with Crippen LogP contribution in [-0.4, -0.2) is 46.9 Å². The molecule has 2 aliphatic rings. The lowest BCUT2D eigenvalue weighted by Crippen LogP contribution is -2.59. The third-order valence-electron chi connectivity index (χ3n) is 3.99. The van der Waals surface area contributed by atoms with Gasteiger partial charge in [0.25, 0.3) is 5.19 Å². The van der Waals surface area contributed by atoms with Crippen molar-refractivity contribution in [1.29, 1.82) is 0 Å². The van der Waals surface area contributed by atoms with E-state index < -0.39 is 0 Å². The third kappa shape index (κ3) is 2.41. The SMILES string of the molecule is O=C1CC[C@@H](C(=O)N2CC(Oc3nc4ccccc4s3)C2)N1. The lowest BCUT2D eigenvalue weighted by molar-refractivity contribution is -0.142. The van der Waals surface area contributed by atoms with Crippen LogP contribution in [0.5, 0.6) is 5.19 Å². The number of hydrogen-bond acceptors (Lipinski definition) is 5. The molecule has 0 bridgehead atoms. The molecule has 1 aromatic heterocycles. The lowest BCUT2D eigenvalue weighted by Gasteiger charge is -2.39. The van der Waals surface area contributed by atoms with Crippen molar-refractivity contribution < 1.29 is 14.3 Å². The van der Waals surface area contributed by atoms with Crippen LogP contribution in [0.4, 0.5) is 0 Å². The van der Waals surface area contributed by atoms with Gasteiger partial charge in [0, 0.05) is 6.42 Å². The molecule has 0 aliphatic carbocycles. The number of nitrogens with zero attached hydrogens (tertiary/aromatic N) is 2. The summed E-state index contributed by atoms with van der Waals surface area (Å²) in [6.45, 7) is 1.11. The highest BCUT2D eigenvalue weighted by atomic mass is 32.1. The fraction of sp³-hybridized carbons (Fsp3) is 0.400. The van der Waals surface area contributed by atoms with Crippen LogP contribution in [0.25, 0.3) is 10.2 Å². The number of carbonyl (C=O) groups excluding carboxylic acids is 2. The molecule has 2 aromatic rings. The molecule has 7 heteroatoms. The second-order valence-corrected chi connectivity index (χ2v) is 6.58. The number of likely N-dealkylation sites (tertiary alicyclic amines) is 1. The average molecular weight is 317 g/mol. The van der Waals surface area contributed by atoms with Crippen molar-refractivity contribution in [2.45, 2.75) is 25.0 Å². The van der Waals surface area contributed by atoms with Crippen molar-refractivity contribution in [2.24, 2.45) is 0 Å². The number of ether oxygens (including phenoxy) is 1. The van der Waals surface area contributed by atoms with E-state index in [9.17, 15) is 9.59 Å². The number of hydrogen-bond donors (Lipinski definition) is 1. The Morgan fingerprint density at radius 2 is 2.18 bits per heavy atom. The Morgan fingerprint density at radius 3 is 2.91 bits per heavy atom. The molecular formula is C15H15N3O3S. The number of amides is 2. The predicted molar refractivity (Wildman–Crippen MR) is 81.8 cm³/mol. The van der Waals surface area contributed by atoms with Crippen molar-refractivity contribution in [1.82, 2.24) is 15.2 Å². The van der Waals surface area contributed by atoms with Crippen LogP contribution in [0.15, 0.2) is 24.3 Å². The first-order valence-electron chi connectivity index (χ1n) is 7.29. The Labute approximate surface area is 131 Å². The third-order valence-corrected chi connectivity index (χ3v) is 4.92. The molecule has 6 nitrogen and oxygen atoms in total. The number of thiazole rings is 1. The zero-order valence-corrected chi connectivity index (χ0v) is 12.6. The molecule has 0 radical (unpaired) electrons. The van der Waals surface area contributed by atoms with Gasteiger partial charge in [-0.15, -0.1) is 0 Å². The first-order chi connectivity index (χ1) is 10.7. The van der Waals surface area contributed by atoms with E-state index in [1.165, 1.54) is 11.3 Å². The van der Waals surface area contributed by atoms with E-state index in [2.05, 4.69) is 10.3 Å². The van der Waals surface area contributed by atoms with Crippen LogP contribution in [-0.2, 0) is 9.59 Å². The maximum absolute atomic E-state index is 12.2. The second-order valence-electron chi connectivity index (χ2n) is 5.59. The number of aromatic nitrogens is 1. The summed E-state index contributed by atoms with van der Waals surface area (Å²) in [5, 5.41) is 3.35. The molecule has 0 spiro atoms. The van der Waals surface area contributed by atoms with Gasteiger partial charge in [0.1, 0.15) is 12.1 Å². The van der Waals surface area contributed by atoms with Crippen LogP contribution in [0, 0.1) is 0 Å². The minimum absolute atomic E-state index is 0.00463. The summed E-state index contributed by atoms with van der Waals surface area (Å²) in [7, 11) is 0. The maximum Gasteiger partial charge on any atom is 0.274 e. The van der Waals surface area contributed by atoms with Crippen molar-refractivity contribution in [2.75, 3.05) is 13.1 Å². The molecule has 22 heavy (non-hydrogen) atoms. The number of rotatable bonds is 3. The molecule has 2 saturated heterocycles. The molecule has 1 atom stereocenters. The summed E-state index contributed by atoms with van der Waals surface area (Å²) in [5.41, 5.74) is 0.934. The van der Waals surface area contributed by atoms with Crippen LogP contribution in [0.1, 0.15) is 12.8 Å². The summed E-state index contributed by atoms with van der Waals surface area (Å²) in [6, 6.07) is 7.54. The maximum atomic E-state index is 12.2. The number of carbonyl (C=O) groups is 2. The molecule has 1 N–H and O–H groups in total. The van der Waals surface area contributed by atoms with E-state index in [0.717, 1.165) is 10.2 Å². The van der Waals surface area contributed by atoms with Gasteiger partial charge < -0.3 is 15.0 Å². The van der Waals surface area contributed by atoms with Crippen LogP contribution in [0.3, 0.4) is 0 Å². The summed E-state index contributed by atoms with van der Waals surface area (Å²) >= 11 is 1.52. The first kappa shape index (κ1) is 13.5. The van der Waals surface area contributed by atoms with Gasteiger partial charge in [-0.1, -0.05) is 23.5 Å². The van der Waals surface area contributed by atoms with Crippen molar-refractivity contribution >= 4 is 33.4 Å². The molecular weight excluding hydrogens is 302 g/mol. The summed E-state index contributed by atoms with van der Waals surface area (Å²) in [5.74, 6) is -0.0452. The van der Waals surface area contributed by atoms with E-state index in [0.29, 0.717) is 31.1 Å². The van der Waals surface area contributed by atoms with E-state index >= 15 is 0 Å². The fourth-order valence-corrected chi connectivity index (χ4v) is 3.64. The Kier molecular flexibility index (Phi) is 3.22. The average Bonchev–Trinajstić information content (AvgIpc) is 3.07.